The Morgan fingerprint density at radius 1 is 0.682 bits per heavy atom. The molecule has 0 aliphatic heterocycles. The summed E-state index contributed by atoms with van der Waals surface area (Å²) in [6.45, 7) is 3.81. The Labute approximate surface area is 127 Å². The van der Waals surface area contributed by atoms with E-state index in [0.29, 0.717) is 0 Å². The van der Waals surface area contributed by atoms with Crippen molar-refractivity contribution in [2.75, 3.05) is 0 Å². The average Bonchev–Trinajstić information content (AvgIpc) is 2.08. The van der Waals surface area contributed by atoms with Crippen molar-refractivity contribution in [1.29, 1.82) is 0 Å². The zero-order valence-electron chi connectivity index (χ0n) is 12.3. The van der Waals surface area contributed by atoms with Gasteiger partial charge < -0.3 is 0 Å². The Bertz CT molecular complexity index is 729. The second-order valence-corrected chi connectivity index (χ2v) is 12.4. The first-order valence-electron chi connectivity index (χ1n) is 5.54. The lowest BCUT2D eigenvalue weighted by Crippen LogP contribution is -2.56. The maximum Gasteiger partial charge on any atom is 0.409 e. The van der Waals surface area contributed by atoms with E-state index in [2.05, 4.69) is 0 Å². The molecule has 0 aromatic heterocycles. The first kappa shape index (κ1) is 21.6. The number of hydrogen-bond acceptors (Lipinski definition) is 6. The molecule has 0 heterocycles. The number of hydrogen-bond donors (Lipinski definition) is 2. The fourth-order valence-corrected chi connectivity index (χ4v) is 5.58. The number of rotatable bonds is 5. The highest BCUT2D eigenvalue weighted by atomic mass is 32.3. The first-order chi connectivity index (χ1) is 9.16. The van der Waals surface area contributed by atoms with Crippen molar-refractivity contribution in [3.63, 3.8) is 0 Å². The van der Waals surface area contributed by atoms with E-state index in [1.807, 2.05) is 0 Å². The van der Waals surface area contributed by atoms with E-state index in [-0.39, 0.29) is 13.8 Å². The molecular weight excluding hydrogens is 373 g/mol. The summed E-state index contributed by atoms with van der Waals surface area (Å²) in [6.07, 6.45) is -5.28. The molecule has 0 saturated heterocycles. The Morgan fingerprint density at radius 2 is 1.00 bits per heavy atom. The highest BCUT2D eigenvalue weighted by Crippen LogP contribution is 2.35. The molecule has 0 amide bonds. The van der Waals surface area contributed by atoms with Crippen LogP contribution in [-0.2, 0) is 30.3 Å². The summed E-state index contributed by atoms with van der Waals surface area (Å²) in [5.41, 5.74) is 0. The van der Waals surface area contributed by atoms with Gasteiger partial charge in [0.1, 0.15) is 0 Å². The molecular formula is C8H17F3N2O6S3. The van der Waals surface area contributed by atoms with Gasteiger partial charge in [0.05, 0.1) is 4.75 Å². The van der Waals surface area contributed by atoms with E-state index in [1.54, 1.807) is 0 Å². The average molecular weight is 390 g/mol. The topological polar surface area (TPSA) is 126 Å². The van der Waals surface area contributed by atoms with Crippen LogP contribution in [0.15, 0.2) is 0 Å². The largest absolute Gasteiger partial charge is 0.409 e. The third-order valence-corrected chi connectivity index (χ3v) is 9.30. The molecule has 0 aromatic rings. The van der Waals surface area contributed by atoms with Gasteiger partial charge >= 0.3 is 16.4 Å². The summed E-state index contributed by atoms with van der Waals surface area (Å²) in [5, 5.41) is 0. The smallest absolute Gasteiger partial charge is 0.211 e. The van der Waals surface area contributed by atoms with Crippen molar-refractivity contribution >= 4 is 30.3 Å². The van der Waals surface area contributed by atoms with Crippen LogP contribution in [0, 0.1) is 0 Å². The summed E-state index contributed by atoms with van der Waals surface area (Å²) in [4.78, 5) is 0. The molecule has 0 spiro atoms. The standard InChI is InChI=1S/C8H17F3N2O6S3/c1-6(2,3)20(14,15)12-22(18,19)13-21(16,17)7(4,5)8(9,10)11/h12-13H,1-5H3. The normalized spacial score (nSPS) is 15.8. The van der Waals surface area contributed by atoms with E-state index >= 15 is 0 Å². The van der Waals surface area contributed by atoms with Crippen LogP contribution in [0.4, 0.5) is 13.2 Å². The van der Waals surface area contributed by atoms with Gasteiger partial charge in [-0.15, -0.1) is 0 Å². The Kier molecular flexibility index (Phi) is 5.46. The lowest BCUT2D eigenvalue weighted by molar-refractivity contribution is -0.153. The summed E-state index contributed by atoms with van der Waals surface area (Å²) < 4.78 is 104. The second kappa shape index (κ2) is 5.58. The minimum atomic E-state index is -5.48. The molecule has 0 radical (unpaired) electrons. The molecule has 0 atom stereocenters. The molecule has 0 fully saturated rings. The number of nitrogens with one attached hydrogen (secondary N) is 2. The van der Waals surface area contributed by atoms with Crippen LogP contribution in [0.25, 0.3) is 0 Å². The van der Waals surface area contributed by atoms with Gasteiger partial charge in [-0.2, -0.15) is 21.6 Å². The van der Waals surface area contributed by atoms with Crippen molar-refractivity contribution in [1.82, 2.24) is 8.25 Å². The van der Waals surface area contributed by atoms with Crippen LogP contribution in [-0.4, -0.2) is 40.9 Å². The van der Waals surface area contributed by atoms with E-state index in [1.165, 1.54) is 0 Å². The lowest BCUT2D eigenvalue weighted by Gasteiger charge is -2.27. The van der Waals surface area contributed by atoms with Gasteiger partial charge in [0, 0.05) is 0 Å². The van der Waals surface area contributed by atoms with Crippen molar-refractivity contribution in [3.05, 3.63) is 0 Å². The quantitative estimate of drug-likeness (QED) is 0.691. The van der Waals surface area contributed by atoms with Crippen LogP contribution >= 0.6 is 0 Å². The van der Waals surface area contributed by atoms with Gasteiger partial charge in [0.25, 0.3) is 0 Å². The first-order valence-corrected chi connectivity index (χ1v) is 9.99. The number of sulfonamides is 2. The molecule has 134 valence electrons. The molecule has 0 bridgehead atoms. The van der Waals surface area contributed by atoms with Crippen molar-refractivity contribution < 1.29 is 38.4 Å². The minimum Gasteiger partial charge on any atom is -0.211 e. The third kappa shape index (κ3) is 4.53. The van der Waals surface area contributed by atoms with Crippen LogP contribution in [0.2, 0.25) is 0 Å². The molecule has 0 unspecified atom stereocenters. The van der Waals surface area contributed by atoms with Crippen LogP contribution in [0.3, 0.4) is 0 Å². The van der Waals surface area contributed by atoms with Crippen molar-refractivity contribution in [3.8, 4) is 0 Å². The minimum absolute atomic E-state index is 0.239. The van der Waals surface area contributed by atoms with Gasteiger partial charge in [0.2, 0.25) is 20.0 Å². The highest BCUT2D eigenvalue weighted by Gasteiger charge is 2.58. The van der Waals surface area contributed by atoms with E-state index in [9.17, 15) is 38.4 Å². The molecule has 2 N–H and O–H groups in total. The Morgan fingerprint density at radius 3 is 1.27 bits per heavy atom. The Balaban J connectivity index is 5.69. The predicted octanol–water partition coefficient (Wildman–Crippen LogP) is 0.209. The second-order valence-electron chi connectivity index (χ2n) is 5.80. The fourth-order valence-electron chi connectivity index (χ4n) is 0.687. The van der Waals surface area contributed by atoms with Gasteiger partial charge in [0.15, 0.2) is 4.75 Å². The number of halogens is 3. The molecule has 0 aliphatic rings. The van der Waals surface area contributed by atoms with Crippen molar-refractivity contribution in [2.45, 2.75) is 50.3 Å². The molecule has 0 saturated carbocycles. The Hall–Kier alpha value is -0.440. The van der Waals surface area contributed by atoms with Crippen molar-refractivity contribution in [2.24, 2.45) is 0 Å². The highest BCUT2D eigenvalue weighted by molar-refractivity contribution is 8.10. The summed E-state index contributed by atoms with van der Waals surface area (Å²) in [6, 6.07) is 0. The molecule has 8 nitrogen and oxygen atoms in total. The van der Waals surface area contributed by atoms with Crippen LogP contribution in [0.5, 0.6) is 0 Å². The predicted molar refractivity (Wildman–Crippen MR) is 72.9 cm³/mol. The van der Waals surface area contributed by atoms with E-state index < -0.39 is 45.9 Å². The zero-order chi connectivity index (χ0) is 18.4. The van der Waals surface area contributed by atoms with Crippen LogP contribution in [0.1, 0.15) is 34.6 Å². The van der Waals surface area contributed by atoms with Gasteiger partial charge in [-0.25, -0.2) is 16.8 Å². The van der Waals surface area contributed by atoms with Crippen LogP contribution < -0.4 is 8.25 Å². The number of alkyl halides is 3. The molecule has 14 heteroatoms. The molecule has 0 aliphatic carbocycles. The monoisotopic (exact) mass is 390 g/mol. The maximum absolute atomic E-state index is 12.7. The lowest BCUT2D eigenvalue weighted by atomic mass is 10.2. The van der Waals surface area contributed by atoms with Gasteiger partial charge in [-0.1, -0.05) is 8.25 Å². The van der Waals surface area contributed by atoms with Gasteiger partial charge in [-0.3, -0.25) is 0 Å². The summed E-state index contributed by atoms with van der Waals surface area (Å²) in [7, 11) is -15.3. The van der Waals surface area contributed by atoms with Gasteiger partial charge in [-0.05, 0) is 34.6 Å². The third-order valence-electron chi connectivity index (χ3n) is 2.60. The fraction of sp³-hybridized carbons (Fsp3) is 1.00. The SMILES string of the molecule is CC(C)(C)S(=O)(=O)NS(=O)(=O)NS(=O)(=O)C(C)(C)C(F)(F)F. The zero-order valence-corrected chi connectivity index (χ0v) is 14.8. The van der Waals surface area contributed by atoms with E-state index in [0.717, 1.165) is 29.0 Å². The molecule has 22 heavy (non-hydrogen) atoms. The van der Waals surface area contributed by atoms with E-state index in [4.69, 9.17) is 0 Å². The molecule has 0 rings (SSSR count). The molecule has 0 aromatic carbocycles. The maximum atomic E-state index is 12.7. The summed E-state index contributed by atoms with van der Waals surface area (Å²) in [5.74, 6) is 0. The summed E-state index contributed by atoms with van der Waals surface area (Å²) >= 11 is 0.